The van der Waals surface area contributed by atoms with E-state index in [-0.39, 0.29) is 0 Å². The van der Waals surface area contributed by atoms with Gasteiger partial charge in [0.05, 0.1) is 23.5 Å². The number of nitrogens with zero attached hydrogens (tertiary/aromatic N) is 5. The van der Waals surface area contributed by atoms with Gasteiger partial charge in [0.15, 0.2) is 5.82 Å². The number of nitrogens with two attached hydrogens (primary N) is 1. The van der Waals surface area contributed by atoms with Crippen molar-refractivity contribution in [2.45, 2.75) is 6.42 Å². The van der Waals surface area contributed by atoms with Gasteiger partial charge >= 0.3 is 0 Å². The van der Waals surface area contributed by atoms with Gasteiger partial charge in [-0.1, -0.05) is 24.0 Å². The molecule has 5 aromatic rings. The van der Waals surface area contributed by atoms with E-state index in [4.69, 9.17) is 11.0 Å². The van der Waals surface area contributed by atoms with Gasteiger partial charge in [0.1, 0.15) is 11.8 Å². The fourth-order valence-corrected chi connectivity index (χ4v) is 3.52. The van der Waals surface area contributed by atoms with Gasteiger partial charge in [-0.25, -0.2) is 9.97 Å². The number of imidazole rings is 1. The lowest BCUT2D eigenvalue weighted by molar-refractivity contribution is 1.09. The van der Waals surface area contributed by atoms with Crippen LogP contribution in [0.25, 0.3) is 27.6 Å². The molecular formula is C25H16N6. The van der Waals surface area contributed by atoms with E-state index in [0.29, 0.717) is 17.8 Å². The molecule has 6 nitrogen and oxygen atoms in total. The van der Waals surface area contributed by atoms with Crippen LogP contribution in [-0.2, 0) is 6.42 Å². The minimum atomic E-state index is 0.379. The van der Waals surface area contributed by atoms with Gasteiger partial charge in [0, 0.05) is 34.6 Å². The highest BCUT2D eigenvalue weighted by Gasteiger charge is 2.14. The van der Waals surface area contributed by atoms with E-state index >= 15 is 0 Å². The van der Waals surface area contributed by atoms with Crippen LogP contribution in [0.1, 0.15) is 16.7 Å². The smallest absolute Gasteiger partial charge is 0.152 e. The van der Waals surface area contributed by atoms with Crippen LogP contribution in [0, 0.1) is 23.2 Å². The molecule has 0 atom stereocenters. The Bertz CT molecular complexity index is 1510. The first-order chi connectivity index (χ1) is 15.2. The van der Waals surface area contributed by atoms with E-state index in [1.54, 1.807) is 18.7 Å². The zero-order valence-corrected chi connectivity index (χ0v) is 16.4. The van der Waals surface area contributed by atoms with Crippen molar-refractivity contribution in [2.24, 2.45) is 0 Å². The molecule has 2 N–H and O–H groups in total. The molecule has 0 amide bonds. The summed E-state index contributed by atoms with van der Waals surface area (Å²) in [4.78, 5) is 13.1. The van der Waals surface area contributed by atoms with Crippen molar-refractivity contribution in [3.05, 3.63) is 90.0 Å². The predicted octanol–water partition coefficient (Wildman–Crippen LogP) is 4.02. The molecule has 0 saturated heterocycles. The van der Waals surface area contributed by atoms with Crippen molar-refractivity contribution in [1.29, 1.82) is 5.26 Å². The largest absolute Gasteiger partial charge is 0.382 e. The molecule has 0 aliphatic carbocycles. The normalized spacial score (nSPS) is 10.5. The highest BCUT2D eigenvalue weighted by Crippen LogP contribution is 2.30. The summed E-state index contributed by atoms with van der Waals surface area (Å²) in [5, 5.41) is 9.82. The van der Waals surface area contributed by atoms with Crippen molar-refractivity contribution in [3.63, 3.8) is 0 Å². The summed E-state index contributed by atoms with van der Waals surface area (Å²) in [6.07, 6.45) is 5.58. The van der Waals surface area contributed by atoms with Crippen LogP contribution in [-0.4, -0.2) is 19.5 Å². The molecule has 3 heterocycles. The van der Waals surface area contributed by atoms with Crippen LogP contribution in [0.2, 0.25) is 0 Å². The van der Waals surface area contributed by atoms with Crippen molar-refractivity contribution < 1.29 is 0 Å². The number of aromatic nitrogens is 4. The molecule has 6 heteroatoms. The number of nitrogen functional groups attached to an aromatic ring is 1. The Balaban J connectivity index is 1.68. The number of nitriles is 1. The highest BCUT2D eigenvalue weighted by atomic mass is 15.1. The van der Waals surface area contributed by atoms with E-state index < -0.39 is 0 Å². The molecular weight excluding hydrogens is 384 g/mol. The SMILES string of the molecule is N#CCc1ccc(-n2cnc3c(N)nc4ccc(C#Cc5cccnc5)cc4c32)cc1. The van der Waals surface area contributed by atoms with E-state index in [1.165, 1.54) is 0 Å². The van der Waals surface area contributed by atoms with Gasteiger partial charge in [-0.3, -0.25) is 9.55 Å². The summed E-state index contributed by atoms with van der Waals surface area (Å²) in [5.74, 6) is 6.72. The van der Waals surface area contributed by atoms with E-state index in [2.05, 4.69) is 32.9 Å². The van der Waals surface area contributed by atoms with Crippen LogP contribution in [0.3, 0.4) is 0 Å². The number of anilines is 1. The second kappa shape index (κ2) is 7.62. The Kier molecular flexibility index (Phi) is 4.51. The van der Waals surface area contributed by atoms with Crippen LogP contribution in [0.15, 0.2) is 73.3 Å². The maximum absolute atomic E-state index is 8.91. The molecule has 0 aliphatic rings. The third-order valence-corrected chi connectivity index (χ3v) is 5.01. The average Bonchev–Trinajstić information content (AvgIpc) is 3.26. The average molecular weight is 400 g/mol. The first-order valence-corrected chi connectivity index (χ1v) is 9.67. The fourth-order valence-electron chi connectivity index (χ4n) is 3.52. The van der Waals surface area contributed by atoms with Gasteiger partial charge in [-0.05, 0) is 48.0 Å². The predicted molar refractivity (Wildman–Crippen MR) is 120 cm³/mol. The molecule has 0 radical (unpaired) electrons. The number of benzene rings is 2. The molecule has 3 aromatic heterocycles. The van der Waals surface area contributed by atoms with Crippen LogP contribution >= 0.6 is 0 Å². The molecule has 0 fully saturated rings. The summed E-state index contributed by atoms with van der Waals surface area (Å²) >= 11 is 0. The monoisotopic (exact) mass is 400 g/mol. The summed E-state index contributed by atoms with van der Waals surface area (Å²) in [6.45, 7) is 0. The Morgan fingerprint density at radius 2 is 1.84 bits per heavy atom. The van der Waals surface area contributed by atoms with E-state index in [0.717, 1.165) is 38.8 Å². The summed E-state index contributed by atoms with van der Waals surface area (Å²) in [5.41, 5.74) is 12.1. The van der Waals surface area contributed by atoms with Crippen molar-refractivity contribution in [1.82, 2.24) is 19.5 Å². The molecule has 0 saturated carbocycles. The number of hydrogen-bond acceptors (Lipinski definition) is 5. The Morgan fingerprint density at radius 3 is 2.61 bits per heavy atom. The third kappa shape index (κ3) is 3.43. The number of fused-ring (bicyclic) bond motifs is 3. The van der Waals surface area contributed by atoms with E-state index in [1.807, 2.05) is 59.2 Å². The maximum atomic E-state index is 8.91. The first-order valence-electron chi connectivity index (χ1n) is 9.67. The lowest BCUT2D eigenvalue weighted by Gasteiger charge is -2.09. The second-order valence-corrected chi connectivity index (χ2v) is 7.03. The molecule has 0 bridgehead atoms. The Hall–Kier alpha value is -4.68. The quantitative estimate of drug-likeness (QED) is 0.452. The van der Waals surface area contributed by atoms with Gasteiger partial charge in [-0.15, -0.1) is 0 Å². The minimum absolute atomic E-state index is 0.379. The van der Waals surface area contributed by atoms with Gasteiger partial charge in [0.2, 0.25) is 0 Å². The van der Waals surface area contributed by atoms with Crippen LogP contribution in [0.4, 0.5) is 5.82 Å². The lowest BCUT2D eigenvalue weighted by Crippen LogP contribution is -1.97. The molecule has 5 rings (SSSR count). The number of pyridine rings is 2. The minimum Gasteiger partial charge on any atom is -0.382 e. The number of rotatable bonds is 2. The fraction of sp³-hybridized carbons (Fsp3) is 0.0400. The molecule has 0 unspecified atom stereocenters. The maximum Gasteiger partial charge on any atom is 0.152 e. The third-order valence-electron chi connectivity index (χ3n) is 5.01. The summed E-state index contributed by atoms with van der Waals surface area (Å²) in [7, 11) is 0. The van der Waals surface area contributed by atoms with Crippen molar-refractivity contribution in [3.8, 4) is 23.6 Å². The van der Waals surface area contributed by atoms with Gasteiger partial charge in [0.25, 0.3) is 0 Å². The lowest BCUT2D eigenvalue weighted by atomic mass is 10.1. The molecule has 31 heavy (non-hydrogen) atoms. The summed E-state index contributed by atoms with van der Waals surface area (Å²) in [6, 6.07) is 19.7. The van der Waals surface area contributed by atoms with E-state index in [9.17, 15) is 0 Å². The molecule has 2 aromatic carbocycles. The van der Waals surface area contributed by atoms with Crippen molar-refractivity contribution >= 4 is 27.8 Å². The highest BCUT2D eigenvalue weighted by molar-refractivity contribution is 6.07. The number of hydrogen-bond donors (Lipinski definition) is 1. The molecule has 0 spiro atoms. The zero-order valence-electron chi connectivity index (χ0n) is 16.4. The zero-order chi connectivity index (χ0) is 21.2. The molecule has 146 valence electrons. The molecule has 0 aliphatic heterocycles. The van der Waals surface area contributed by atoms with Gasteiger partial charge in [-0.2, -0.15) is 5.26 Å². The standard InChI is InChI=1S/C25H16N6/c26-12-11-17-5-8-20(9-6-17)31-16-29-23-24(31)21-14-18(7-10-22(21)30-25(23)27)3-4-19-2-1-13-28-15-19/h1-2,5-10,13-16H,11H2,(H2,27,30). The Labute approximate surface area is 178 Å². The summed E-state index contributed by atoms with van der Waals surface area (Å²) < 4.78 is 1.99. The van der Waals surface area contributed by atoms with Crippen molar-refractivity contribution in [2.75, 3.05) is 5.73 Å². The van der Waals surface area contributed by atoms with Crippen LogP contribution < -0.4 is 5.73 Å². The Morgan fingerprint density at radius 1 is 1.00 bits per heavy atom. The van der Waals surface area contributed by atoms with Crippen LogP contribution in [0.5, 0.6) is 0 Å². The first kappa shape index (κ1) is 18.4. The topological polar surface area (TPSA) is 93.4 Å². The van der Waals surface area contributed by atoms with Gasteiger partial charge < -0.3 is 5.73 Å². The second-order valence-electron chi connectivity index (χ2n) is 7.03.